The number of rotatable bonds is 7. The third-order valence-corrected chi connectivity index (χ3v) is 8.60. The number of hydrogen-bond donors (Lipinski definition) is 2. The highest BCUT2D eigenvalue weighted by Crippen LogP contribution is 2.48. The van der Waals surface area contributed by atoms with Crippen molar-refractivity contribution in [3.8, 4) is 5.75 Å². The van der Waals surface area contributed by atoms with Crippen molar-refractivity contribution in [3.63, 3.8) is 0 Å². The Morgan fingerprint density at radius 2 is 1.92 bits per heavy atom. The van der Waals surface area contributed by atoms with Gasteiger partial charge in [0.2, 0.25) is 5.91 Å². The van der Waals surface area contributed by atoms with Gasteiger partial charge < -0.3 is 15.0 Å². The van der Waals surface area contributed by atoms with Gasteiger partial charge in [0.05, 0.1) is 19.6 Å². The van der Waals surface area contributed by atoms with Crippen LogP contribution in [-0.4, -0.2) is 48.4 Å². The molecular weight excluding hydrogens is 470 g/mol. The second kappa shape index (κ2) is 9.58. The maximum Gasteiger partial charge on any atom is 0.224 e. The largest absolute Gasteiger partial charge is 0.494 e. The van der Waals surface area contributed by atoms with Crippen molar-refractivity contribution >= 4 is 29.3 Å². The van der Waals surface area contributed by atoms with E-state index in [4.69, 9.17) is 10.1 Å². The number of amidine groups is 1. The molecule has 0 saturated heterocycles. The molecule has 192 valence electrons. The molecule has 0 unspecified atom stereocenters. The first kappa shape index (κ1) is 26.3. The number of ketones is 1. The Hall–Kier alpha value is -2.80. The average Bonchev–Trinajstić information content (AvgIpc) is 3.28. The first-order valence-corrected chi connectivity index (χ1v) is 13.5. The molecule has 0 aromatic heterocycles. The molecule has 0 radical (unpaired) electrons. The van der Waals surface area contributed by atoms with Gasteiger partial charge in [-0.2, -0.15) is 0 Å². The predicted octanol–water partition coefficient (Wildman–Crippen LogP) is 5.08. The van der Waals surface area contributed by atoms with E-state index in [0.717, 1.165) is 22.4 Å². The van der Waals surface area contributed by atoms with Gasteiger partial charge in [-0.15, -0.1) is 11.8 Å². The van der Waals surface area contributed by atoms with Crippen molar-refractivity contribution < 1.29 is 14.3 Å². The minimum atomic E-state index is -0.111. The van der Waals surface area contributed by atoms with E-state index >= 15 is 0 Å². The molecule has 2 aromatic carbocycles. The molecule has 2 N–H and O–H groups in total. The number of thioether (sulfide) groups is 1. The smallest absolute Gasteiger partial charge is 0.224 e. The first-order chi connectivity index (χ1) is 16.9. The second-order valence-electron chi connectivity index (χ2n) is 11.4. The predicted molar refractivity (Wildman–Crippen MR) is 146 cm³/mol. The molecule has 2 aliphatic heterocycles. The third-order valence-electron chi connectivity index (χ3n) is 7.01. The Balaban J connectivity index is 1.62. The molecular formula is C29H37N3O3S. The van der Waals surface area contributed by atoms with Gasteiger partial charge in [0, 0.05) is 46.3 Å². The summed E-state index contributed by atoms with van der Waals surface area (Å²) in [4.78, 5) is 28.8. The minimum Gasteiger partial charge on any atom is -0.494 e. The van der Waals surface area contributed by atoms with Gasteiger partial charge >= 0.3 is 0 Å². The molecule has 6 nitrogen and oxygen atoms in total. The summed E-state index contributed by atoms with van der Waals surface area (Å²) in [6.45, 7) is 14.1. The zero-order valence-corrected chi connectivity index (χ0v) is 23.2. The lowest BCUT2D eigenvalue weighted by Gasteiger charge is -2.26. The fraction of sp³-hybridized carbons (Fsp3) is 0.483. The van der Waals surface area contributed by atoms with Gasteiger partial charge in [0.1, 0.15) is 11.6 Å². The second-order valence-corrected chi connectivity index (χ2v) is 12.3. The molecule has 0 saturated carbocycles. The van der Waals surface area contributed by atoms with Gasteiger partial charge in [-0.25, -0.2) is 0 Å². The number of Topliss-reactive ketones (excluding diaryl/α,β-unsaturated/α-hetero) is 1. The Morgan fingerprint density at radius 3 is 2.56 bits per heavy atom. The van der Waals surface area contributed by atoms with E-state index in [0.29, 0.717) is 30.3 Å². The van der Waals surface area contributed by atoms with Gasteiger partial charge in [-0.1, -0.05) is 34.6 Å². The number of benzene rings is 2. The molecule has 0 spiro atoms. The van der Waals surface area contributed by atoms with Crippen molar-refractivity contribution in [2.45, 2.75) is 70.2 Å². The Bertz CT molecular complexity index is 1240. The van der Waals surface area contributed by atoms with Gasteiger partial charge in [-0.3, -0.25) is 15.0 Å². The Labute approximate surface area is 218 Å². The van der Waals surface area contributed by atoms with Crippen LogP contribution in [0.5, 0.6) is 5.75 Å². The van der Waals surface area contributed by atoms with Crippen molar-refractivity contribution in [2.24, 2.45) is 0 Å². The van der Waals surface area contributed by atoms with Crippen LogP contribution in [-0.2, 0) is 28.6 Å². The van der Waals surface area contributed by atoms with Crippen LogP contribution in [0, 0.1) is 5.41 Å². The quantitative estimate of drug-likeness (QED) is 0.511. The van der Waals surface area contributed by atoms with Crippen molar-refractivity contribution in [3.05, 3.63) is 57.6 Å². The molecule has 2 aromatic rings. The standard InChI is InChI=1S/C29H37N3O3S/c1-8-35-24-12-19-14-32(27(30)20(19)9-18(24)13-25(34)31-7)15-23(33)17-10-21(28(2,3)4)26-22(11-17)29(5,6)16-36-26/h9-12,30H,8,13-16H2,1-7H3,(H,31,34). The topological polar surface area (TPSA) is 82.5 Å². The Morgan fingerprint density at radius 1 is 1.19 bits per heavy atom. The van der Waals surface area contributed by atoms with Crippen LogP contribution in [0.15, 0.2) is 29.2 Å². The molecule has 2 aliphatic rings. The highest BCUT2D eigenvalue weighted by atomic mass is 32.2. The van der Waals surface area contributed by atoms with E-state index in [-0.39, 0.29) is 35.5 Å². The van der Waals surface area contributed by atoms with Crippen molar-refractivity contribution in [1.29, 1.82) is 5.41 Å². The van der Waals surface area contributed by atoms with Crippen LogP contribution in [0.4, 0.5) is 0 Å². The van der Waals surface area contributed by atoms with Crippen LogP contribution < -0.4 is 10.1 Å². The van der Waals surface area contributed by atoms with Crippen LogP contribution in [0.25, 0.3) is 0 Å². The number of likely N-dealkylation sites (N-methyl/N-ethyl adjacent to an activating group) is 1. The van der Waals surface area contributed by atoms with Gasteiger partial charge in [0.15, 0.2) is 5.78 Å². The molecule has 1 amide bonds. The normalized spacial score (nSPS) is 16.1. The van der Waals surface area contributed by atoms with Crippen molar-refractivity contribution in [2.75, 3.05) is 26.0 Å². The number of nitrogens with one attached hydrogen (secondary N) is 2. The number of fused-ring (bicyclic) bond motifs is 2. The van der Waals surface area contributed by atoms with E-state index in [2.05, 4.69) is 52.1 Å². The molecule has 0 atom stereocenters. The number of amides is 1. The summed E-state index contributed by atoms with van der Waals surface area (Å²) >= 11 is 1.89. The zero-order valence-electron chi connectivity index (χ0n) is 22.4. The number of nitrogens with zero attached hydrogens (tertiary/aromatic N) is 1. The highest BCUT2D eigenvalue weighted by Gasteiger charge is 2.36. The summed E-state index contributed by atoms with van der Waals surface area (Å²) in [5, 5.41) is 11.4. The van der Waals surface area contributed by atoms with Crippen LogP contribution in [0.2, 0.25) is 0 Å². The summed E-state index contributed by atoms with van der Waals surface area (Å²) in [6.07, 6.45) is 0.184. The molecule has 7 heteroatoms. The lowest BCUT2D eigenvalue weighted by Crippen LogP contribution is -2.30. The first-order valence-electron chi connectivity index (χ1n) is 12.5. The molecule has 0 fully saturated rings. The molecule has 0 aliphatic carbocycles. The molecule has 0 bridgehead atoms. The summed E-state index contributed by atoms with van der Waals surface area (Å²) in [6, 6.07) is 7.93. The van der Waals surface area contributed by atoms with Crippen LogP contribution in [0.1, 0.15) is 79.7 Å². The average molecular weight is 508 g/mol. The number of carbonyl (C=O) groups is 2. The number of hydrogen-bond acceptors (Lipinski definition) is 5. The van der Waals surface area contributed by atoms with Crippen LogP contribution in [0.3, 0.4) is 0 Å². The maximum atomic E-state index is 13.6. The van der Waals surface area contributed by atoms with Crippen molar-refractivity contribution in [1.82, 2.24) is 10.2 Å². The summed E-state index contributed by atoms with van der Waals surface area (Å²) in [7, 11) is 1.61. The fourth-order valence-corrected chi connectivity index (χ4v) is 6.57. The fourth-order valence-electron chi connectivity index (χ4n) is 4.90. The summed E-state index contributed by atoms with van der Waals surface area (Å²) < 4.78 is 5.80. The summed E-state index contributed by atoms with van der Waals surface area (Å²) in [5.74, 6) is 1.89. The lowest BCUT2D eigenvalue weighted by atomic mass is 9.79. The molecule has 36 heavy (non-hydrogen) atoms. The monoisotopic (exact) mass is 507 g/mol. The van der Waals surface area contributed by atoms with E-state index in [1.54, 1.807) is 7.05 Å². The highest BCUT2D eigenvalue weighted by molar-refractivity contribution is 7.99. The van der Waals surface area contributed by atoms with E-state index in [1.165, 1.54) is 16.0 Å². The molecule has 4 rings (SSSR count). The third kappa shape index (κ3) is 4.90. The zero-order chi connectivity index (χ0) is 26.4. The SMILES string of the molecule is CCOc1cc2c(cc1CC(=O)NC)C(=N)N(CC(=O)c1cc(C(C)(C)C)c3c(c1)C(C)(C)CS3)C2. The lowest BCUT2D eigenvalue weighted by molar-refractivity contribution is -0.119. The minimum absolute atomic E-state index is 0.0176. The van der Waals surface area contributed by atoms with E-state index < -0.39 is 0 Å². The maximum absolute atomic E-state index is 13.6. The van der Waals surface area contributed by atoms with E-state index in [1.807, 2.05) is 35.7 Å². The summed E-state index contributed by atoms with van der Waals surface area (Å²) in [5.41, 5.74) is 5.59. The van der Waals surface area contributed by atoms with E-state index in [9.17, 15) is 9.59 Å². The Kier molecular flexibility index (Phi) is 6.99. The molecule has 2 heterocycles. The number of ether oxygens (including phenoxy) is 1. The van der Waals surface area contributed by atoms with Gasteiger partial charge in [0.25, 0.3) is 0 Å². The van der Waals surface area contributed by atoms with Crippen LogP contribution >= 0.6 is 11.8 Å². The van der Waals surface area contributed by atoms with Gasteiger partial charge in [-0.05, 0) is 53.3 Å². The number of carbonyl (C=O) groups excluding carboxylic acids is 2.